The second kappa shape index (κ2) is 4.89. The fourth-order valence-electron chi connectivity index (χ4n) is 3.23. The molecule has 0 bridgehead atoms. The van der Waals surface area contributed by atoms with E-state index >= 15 is 0 Å². The van der Waals surface area contributed by atoms with E-state index in [1.807, 2.05) is 0 Å². The van der Waals surface area contributed by atoms with Crippen LogP contribution in [-0.2, 0) is 0 Å². The molecule has 2 aliphatic rings. The van der Waals surface area contributed by atoms with Crippen LogP contribution in [0.15, 0.2) is 0 Å². The van der Waals surface area contributed by atoms with Crippen LogP contribution >= 0.6 is 0 Å². The summed E-state index contributed by atoms with van der Waals surface area (Å²) in [6.07, 6.45) is 4.37. The first-order valence-electron chi connectivity index (χ1n) is 7.38. The molecule has 100 valence electrons. The molecule has 0 spiro atoms. The Morgan fingerprint density at radius 3 is 2.35 bits per heavy atom. The quantitative estimate of drug-likeness (QED) is 0.796. The molecule has 1 heterocycles. The molecule has 2 fully saturated rings. The van der Waals surface area contributed by atoms with Crippen LogP contribution in [0.2, 0.25) is 0 Å². The van der Waals surface area contributed by atoms with Crippen molar-refractivity contribution in [2.24, 2.45) is 11.3 Å². The molecule has 2 rings (SSSR count). The van der Waals surface area contributed by atoms with Gasteiger partial charge in [0.1, 0.15) is 0 Å². The van der Waals surface area contributed by atoms with Gasteiger partial charge in [0.05, 0.1) is 0 Å². The number of hydrogen-bond acceptors (Lipinski definition) is 2. The molecule has 17 heavy (non-hydrogen) atoms. The van der Waals surface area contributed by atoms with Crippen molar-refractivity contribution in [3.05, 3.63) is 0 Å². The van der Waals surface area contributed by atoms with Gasteiger partial charge >= 0.3 is 0 Å². The number of piperazine rings is 1. The summed E-state index contributed by atoms with van der Waals surface area (Å²) in [6.45, 7) is 14.3. The van der Waals surface area contributed by atoms with Gasteiger partial charge in [-0.2, -0.15) is 0 Å². The van der Waals surface area contributed by atoms with Crippen LogP contribution < -0.4 is 5.32 Å². The van der Waals surface area contributed by atoms with Crippen molar-refractivity contribution in [1.82, 2.24) is 10.2 Å². The van der Waals surface area contributed by atoms with Gasteiger partial charge in [0.15, 0.2) is 0 Å². The summed E-state index contributed by atoms with van der Waals surface area (Å²) in [6, 6.07) is 2.12. The lowest BCUT2D eigenvalue weighted by Crippen LogP contribution is -2.62. The molecule has 0 radical (unpaired) electrons. The maximum Gasteiger partial charge on any atom is 0.0244 e. The molecule has 0 aromatic carbocycles. The topological polar surface area (TPSA) is 15.3 Å². The summed E-state index contributed by atoms with van der Waals surface area (Å²) in [5.74, 6) is 0.969. The van der Waals surface area contributed by atoms with Gasteiger partial charge in [0.25, 0.3) is 0 Å². The highest BCUT2D eigenvalue weighted by molar-refractivity contribution is 4.94. The Morgan fingerprint density at radius 2 is 1.88 bits per heavy atom. The lowest BCUT2D eigenvalue weighted by atomic mass is 9.78. The first kappa shape index (κ1) is 13.4. The third kappa shape index (κ3) is 2.85. The minimum absolute atomic E-state index is 0.373. The van der Waals surface area contributed by atoms with Gasteiger partial charge in [-0.25, -0.2) is 0 Å². The number of hydrogen-bond donors (Lipinski definition) is 1. The highest BCUT2D eigenvalue weighted by Gasteiger charge is 2.37. The van der Waals surface area contributed by atoms with E-state index < -0.39 is 0 Å². The smallest absolute Gasteiger partial charge is 0.0244 e. The number of nitrogens with one attached hydrogen (secondary N) is 1. The average molecular weight is 238 g/mol. The standard InChI is InChI=1S/C15H30N2/c1-11-9-16-14(15(3,4)5)10-17(11)12(2)13-7-6-8-13/h11-14,16H,6-10H2,1-5H3. The van der Waals surface area contributed by atoms with Crippen LogP contribution in [0.25, 0.3) is 0 Å². The molecule has 2 heteroatoms. The SMILES string of the molecule is CC1CNC(C(C)(C)C)CN1C(C)C1CCC1. The van der Waals surface area contributed by atoms with Crippen LogP contribution in [0.1, 0.15) is 53.9 Å². The molecule has 1 aliphatic carbocycles. The summed E-state index contributed by atoms with van der Waals surface area (Å²) in [7, 11) is 0. The van der Waals surface area contributed by atoms with Crippen molar-refractivity contribution in [2.45, 2.75) is 72.0 Å². The molecule has 1 aliphatic heterocycles. The van der Waals surface area contributed by atoms with Gasteiger partial charge in [-0.15, -0.1) is 0 Å². The zero-order chi connectivity index (χ0) is 12.6. The van der Waals surface area contributed by atoms with Crippen molar-refractivity contribution >= 4 is 0 Å². The fourth-order valence-corrected chi connectivity index (χ4v) is 3.23. The Labute approximate surface area is 107 Å². The van der Waals surface area contributed by atoms with E-state index in [-0.39, 0.29) is 0 Å². The summed E-state index contributed by atoms with van der Waals surface area (Å²) in [5.41, 5.74) is 0.373. The van der Waals surface area contributed by atoms with E-state index in [4.69, 9.17) is 0 Å². The summed E-state index contributed by atoms with van der Waals surface area (Å²) >= 11 is 0. The second-order valence-electron chi connectivity index (χ2n) is 7.30. The van der Waals surface area contributed by atoms with Gasteiger partial charge in [-0.1, -0.05) is 27.2 Å². The van der Waals surface area contributed by atoms with Crippen LogP contribution in [0.4, 0.5) is 0 Å². The molecule has 0 aromatic rings. The first-order chi connectivity index (χ1) is 7.89. The molecule has 0 amide bonds. The molecular weight excluding hydrogens is 208 g/mol. The van der Waals surface area contributed by atoms with Crippen LogP contribution in [0, 0.1) is 11.3 Å². The zero-order valence-corrected chi connectivity index (χ0v) is 12.3. The van der Waals surface area contributed by atoms with Crippen LogP contribution in [-0.4, -0.2) is 36.1 Å². The molecule has 2 nitrogen and oxygen atoms in total. The van der Waals surface area contributed by atoms with E-state index in [2.05, 4.69) is 44.8 Å². The molecule has 1 saturated carbocycles. The largest absolute Gasteiger partial charge is 0.311 e. The van der Waals surface area contributed by atoms with Crippen molar-refractivity contribution in [1.29, 1.82) is 0 Å². The predicted molar refractivity (Wildman–Crippen MR) is 74.2 cm³/mol. The summed E-state index contributed by atoms with van der Waals surface area (Å²) in [4.78, 5) is 2.76. The normalized spacial score (nSPS) is 34.4. The summed E-state index contributed by atoms with van der Waals surface area (Å²) in [5, 5.41) is 3.73. The van der Waals surface area contributed by atoms with E-state index in [1.54, 1.807) is 0 Å². The van der Waals surface area contributed by atoms with Gasteiger partial charge < -0.3 is 5.32 Å². The highest BCUT2D eigenvalue weighted by atomic mass is 15.3. The van der Waals surface area contributed by atoms with E-state index in [9.17, 15) is 0 Å². The van der Waals surface area contributed by atoms with Gasteiger partial charge in [0, 0.05) is 31.2 Å². The first-order valence-corrected chi connectivity index (χ1v) is 7.38. The third-order valence-corrected chi connectivity index (χ3v) is 5.02. The Morgan fingerprint density at radius 1 is 1.24 bits per heavy atom. The fraction of sp³-hybridized carbons (Fsp3) is 1.00. The molecular formula is C15H30N2. The second-order valence-corrected chi connectivity index (χ2v) is 7.30. The van der Waals surface area contributed by atoms with Crippen molar-refractivity contribution in [2.75, 3.05) is 13.1 Å². The Balaban J connectivity index is 1.99. The van der Waals surface area contributed by atoms with E-state index in [1.165, 1.54) is 25.8 Å². The molecule has 1 N–H and O–H groups in total. The van der Waals surface area contributed by atoms with Crippen molar-refractivity contribution in [3.63, 3.8) is 0 Å². The summed E-state index contributed by atoms with van der Waals surface area (Å²) < 4.78 is 0. The highest BCUT2D eigenvalue weighted by Crippen LogP contribution is 2.34. The molecule has 0 aromatic heterocycles. The number of rotatable bonds is 2. The lowest BCUT2D eigenvalue weighted by Gasteiger charge is -2.49. The Bertz CT molecular complexity index is 252. The lowest BCUT2D eigenvalue weighted by molar-refractivity contribution is 0.0224. The Hall–Kier alpha value is -0.0800. The van der Waals surface area contributed by atoms with Gasteiger partial charge in [-0.05, 0) is 38.0 Å². The van der Waals surface area contributed by atoms with E-state index in [0.29, 0.717) is 17.5 Å². The molecule has 3 atom stereocenters. The van der Waals surface area contributed by atoms with Crippen LogP contribution in [0.5, 0.6) is 0 Å². The number of nitrogens with zero attached hydrogens (tertiary/aromatic N) is 1. The third-order valence-electron chi connectivity index (χ3n) is 5.02. The van der Waals surface area contributed by atoms with Crippen molar-refractivity contribution in [3.8, 4) is 0 Å². The molecule has 3 unspecified atom stereocenters. The van der Waals surface area contributed by atoms with Gasteiger partial charge in [0.2, 0.25) is 0 Å². The molecule has 1 saturated heterocycles. The monoisotopic (exact) mass is 238 g/mol. The maximum absolute atomic E-state index is 3.73. The average Bonchev–Trinajstić information content (AvgIpc) is 2.13. The van der Waals surface area contributed by atoms with E-state index in [0.717, 1.165) is 18.5 Å². The minimum atomic E-state index is 0.373. The Kier molecular flexibility index (Phi) is 3.84. The van der Waals surface area contributed by atoms with Crippen LogP contribution in [0.3, 0.4) is 0 Å². The predicted octanol–water partition coefficient (Wildman–Crippen LogP) is 2.88. The minimum Gasteiger partial charge on any atom is -0.311 e. The van der Waals surface area contributed by atoms with Gasteiger partial charge in [-0.3, -0.25) is 4.90 Å². The van der Waals surface area contributed by atoms with Crippen molar-refractivity contribution < 1.29 is 0 Å². The maximum atomic E-state index is 3.73. The zero-order valence-electron chi connectivity index (χ0n) is 12.3.